The molecule has 31 heavy (non-hydrogen) atoms. The fraction of sp³-hybridized carbons (Fsp3) is 0.130. The minimum absolute atomic E-state index is 0.222. The molecule has 0 saturated heterocycles. The maximum atomic E-state index is 12.4. The quantitative estimate of drug-likeness (QED) is 0.149. The van der Waals surface area contributed by atoms with E-state index in [1.807, 2.05) is 31.2 Å². The van der Waals surface area contributed by atoms with Gasteiger partial charge in [0, 0.05) is 7.05 Å². The van der Waals surface area contributed by atoms with Crippen LogP contribution >= 0.6 is 0 Å². The van der Waals surface area contributed by atoms with E-state index < -0.39 is 18.7 Å². The summed E-state index contributed by atoms with van der Waals surface area (Å²) in [7, 11) is 1.41. The fourth-order valence-corrected chi connectivity index (χ4v) is 2.86. The Morgan fingerprint density at radius 2 is 1.61 bits per heavy atom. The van der Waals surface area contributed by atoms with Gasteiger partial charge >= 0.3 is 11.9 Å². The zero-order chi connectivity index (χ0) is 22.4. The molecule has 3 aromatic rings. The SMILES string of the molecule is Cc1ccc2cc(O/C(N)=C(\C(=O)OCOC(=O)c3ccccc3)N(C)N)ccc2c1. The third kappa shape index (κ3) is 5.52. The van der Waals surface area contributed by atoms with Crippen molar-refractivity contribution in [3.8, 4) is 5.75 Å². The van der Waals surface area contributed by atoms with Gasteiger partial charge in [0.15, 0.2) is 5.70 Å². The Bertz CT molecular complexity index is 1130. The number of fused-ring (bicyclic) bond motifs is 1. The molecule has 0 atom stereocenters. The van der Waals surface area contributed by atoms with Crippen LogP contribution in [-0.4, -0.2) is 30.8 Å². The molecule has 0 aliphatic rings. The molecule has 0 unspecified atom stereocenters. The molecule has 0 heterocycles. The van der Waals surface area contributed by atoms with E-state index in [2.05, 4.69) is 0 Å². The molecular weight excluding hydrogens is 398 g/mol. The van der Waals surface area contributed by atoms with Gasteiger partial charge in [-0.3, -0.25) is 0 Å². The molecule has 0 fully saturated rings. The van der Waals surface area contributed by atoms with E-state index in [1.54, 1.807) is 42.5 Å². The molecule has 0 aromatic heterocycles. The lowest BCUT2D eigenvalue weighted by molar-refractivity contribution is -0.149. The number of nitrogens with zero attached hydrogens (tertiary/aromatic N) is 1. The van der Waals surface area contributed by atoms with Crippen molar-refractivity contribution in [1.82, 2.24) is 5.01 Å². The van der Waals surface area contributed by atoms with Gasteiger partial charge in [-0.1, -0.05) is 48.0 Å². The summed E-state index contributed by atoms with van der Waals surface area (Å²) in [4.78, 5) is 24.4. The van der Waals surface area contributed by atoms with Crippen LogP contribution < -0.4 is 16.3 Å². The van der Waals surface area contributed by atoms with Crippen molar-refractivity contribution in [2.75, 3.05) is 13.8 Å². The van der Waals surface area contributed by atoms with Crippen molar-refractivity contribution in [1.29, 1.82) is 0 Å². The summed E-state index contributed by atoms with van der Waals surface area (Å²) in [6.45, 7) is 1.41. The van der Waals surface area contributed by atoms with Crippen LogP contribution in [-0.2, 0) is 14.3 Å². The average Bonchev–Trinajstić information content (AvgIpc) is 2.74. The van der Waals surface area contributed by atoms with E-state index in [4.69, 9.17) is 25.8 Å². The van der Waals surface area contributed by atoms with Gasteiger partial charge in [0.2, 0.25) is 12.7 Å². The highest BCUT2D eigenvalue weighted by Gasteiger charge is 2.21. The number of hydrazine groups is 1. The summed E-state index contributed by atoms with van der Waals surface area (Å²) in [5.41, 5.74) is 7.22. The predicted octanol–water partition coefficient (Wildman–Crippen LogP) is 2.82. The number of benzene rings is 3. The summed E-state index contributed by atoms with van der Waals surface area (Å²) < 4.78 is 15.5. The highest BCUT2D eigenvalue weighted by molar-refractivity contribution is 5.90. The number of rotatable bonds is 7. The average molecular weight is 421 g/mol. The molecule has 0 aliphatic heterocycles. The number of carbonyl (C=O) groups excluding carboxylic acids is 2. The van der Waals surface area contributed by atoms with Crippen molar-refractivity contribution < 1.29 is 23.8 Å². The lowest BCUT2D eigenvalue weighted by atomic mass is 10.1. The standard InChI is InChI=1S/C23H23N3O5/c1-15-8-9-18-13-19(11-10-17(18)12-15)31-21(24)20(26(2)25)23(28)30-14-29-22(27)16-6-4-3-5-7-16/h3-13H,14,24-25H2,1-2H3/b21-20+. The van der Waals surface area contributed by atoms with Crippen LogP contribution in [0, 0.1) is 6.92 Å². The zero-order valence-electron chi connectivity index (χ0n) is 17.2. The van der Waals surface area contributed by atoms with Crippen LogP contribution in [0.3, 0.4) is 0 Å². The highest BCUT2D eigenvalue weighted by Crippen LogP contribution is 2.23. The van der Waals surface area contributed by atoms with Gasteiger partial charge in [-0.2, -0.15) is 0 Å². The maximum absolute atomic E-state index is 12.4. The first-order chi connectivity index (χ1) is 14.8. The Balaban J connectivity index is 1.68. The Kier molecular flexibility index (Phi) is 6.74. The molecule has 3 rings (SSSR count). The molecule has 8 nitrogen and oxygen atoms in total. The summed E-state index contributed by atoms with van der Waals surface area (Å²) in [6.07, 6.45) is 0. The van der Waals surface area contributed by atoms with Crippen molar-refractivity contribution in [3.63, 3.8) is 0 Å². The molecule has 0 amide bonds. The minimum Gasteiger partial charge on any atom is -0.439 e. The topological polar surface area (TPSA) is 117 Å². The molecule has 160 valence electrons. The second kappa shape index (κ2) is 9.64. The number of ether oxygens (including phenoxy) is 3. The number of carbonyl (C=O) groups is 2. The van der Waals surface area contributed by atoms with E-state index in [-0.39, 0.29) is 11.6 Å². The molecular formula is C23H23N3O5. The molecule has 8 heteroatoms. The summed E-state index contributed by atoms with van der Waals surface area (Å²) in [5, 5.41) is 2.97. The first-order valence-corrected chi connectivity index (χ1v) is 9.41. The molecule has 0 radical (unpaired) electrons. The van der Waals surface area contributed by atoms with E-state index in [0.717, 1.165) is 21.3 Å². The highest BCUT2D eigenvalue weighted by atomic mass is 16.7. The van der Waals surface area contributed by atoms with Crippen LogP contribution in [0.15, 0.2) is 78.3 Å². The third-order valence-corrected chi connectivity index (χ3v) is 4.36. The maximum Gasteiger partial charge on any atom is 0.364 e. The second-order valence-electron chi connectivity index (χ2n) is 6.79. The zero-order valence-corrected chi connectivity index (χ0v) is 17.2. The van der Waals surface area contributed by atoms with E-state index in [0.29, 0.717) is 11.3 Å². The molecule has 3 aromatic carbocycles. The summed E-state index contributed by atoms with van der Waals surface area (Å²) in [6, 6.07) is 19.7. The van der Waals surface area contributed by atoms with Gasteiger partial charge in [-0.25, -0.2) is 15.4 Å². The summed E-state index contributed by atoms with van der Waals surface area (Å²) in [5.74, 6) is 4.37. The van der Waals surface area contributed by atoms with Crippen molar-refractivity contribution in [2.45, 2.75) is 6.92 Å². The molecule has 0 spiro atoms. The smallest absolute Gasteiger partial charge is 0.364 e. The minimum atomic E-state index is -0.903. The van der Waals surface area contributed by atoms with Gasteiger partial charge in [0.05, 0.1) is 5.56 Å². The van der Waals surface area contributed by atoms with Crippen LogP contribution in [0.4, 0.5) is 0 Å². The van der Waals surface area contributed by atoms with Crippen LogP contribution in [0.25, 0.3) is 10.8 Å². The fourth-order valence-electron chi connectivity index (χ4n) is 2.86. The lowest BCUT2D eigenvalue weighted by Gasteiger charge is -2.18. The molecule has 0 bridgehead atoms. The molecule has 0 aliphatic carbocycles. The van der Waals surface area contributed by atoms with Crippen LogP contribution in [0.5, 0.6) is 5.75 Å². The first-order valence-electron chi connectivity index (χ1n) is 9.41. The Morgan fingerprint density at radius 1 is 0.935 bits per heavy atom. The first kappa shape index (κ1) is 21.7. The number of nitrogens with two attached hydrogens (primary N) is 2. The monoisotopic (exact) mass is 421 g/mol. The van der Waals surface area contributed by atoms with Gasteiger partial charge < -0.3 is 25.0 Å². The molecule has 0 saturated carbocycles. The number of esters is 2. The van der Waals surface area contributed by atoms with Crippen molar-refractivity contribution in [3.05, 3.63) is 89.4 Å². The Morgan fingerprint density at radius 3 is 2.32 bits per heavy atom. The van der Waals surface area contributed by atoms with Gasteiger partial charge in [0.1, 0.15) is 5.75 Å². The van der Waals surface area contributed by atoms with Crippen LogP contribution in [0.1, 0.15) is 15.9 Å². The largest absolute Gasteiger partial charge is 0.439 e. The van der Waals surface area contributed by atoms with Crippen LogP contribution in [0.2, 0.25) is 0 Å². The van der Waals surface area contributed by atoms with Crippen molar-refractivity contribution in [2.24, 2.45) is 11.6 Å². The molecule has 4 N–H and O–H groups in total. The van der Waals surface area contributed by atoms with E-state index in [1.165, 1.54) is 7.05 Å². The predicted molar refractivity (Wildman–Crippen MR) is 115 cm³/mol. The van der Waals surface area contributed by atoms with Gasteiger partial charge in [0.25, 0.3) is 0 Å². The van der Waals surface area contributed by atoms with Gasteiger partial charge in [-0.15, -0.1) is 0 Å². The number of hydrogen-bond donors (Lipinski definition) is 2. The Labute approximate surface area is 179 Å². The Hall–Kier alpha value is -4.04. The second-order valence-corrected chi connectivity index (χ2v) is 6.79. The van der Waals surface area contributed by atoms with Gasteiger partial charge in [-0.05, 0) is 42.0 Å². The number of aryl methyl sites for hydroxylation is 1. The van der Waals surface area contributed by atoms with E-state index in [9.17, 15) is 9.59 Å². The lowest BCUT2D eigenvalue weighted by Crippen LogP contribution is -2.35. The summed E-state index contributed by atoms with van der Waals surface area (Å²) >= 11 is 0. The van der Waals surface area contributed by atoms with Crippen molar-refractivity contribution >= 4 is 22.7 Å². The normalized spacial score (nSPS) is 11.5. The number of hydrogen-bond acceptors (Lipinski definition) is 8. The number of likely N-dealkylation sites (N-methyl/N-ethyl adjacent to an activating group) is 1. The van der Waals surface area contributed by atoms with E-state index >= 15 is 0 Å². The third-order valence-electron chi connectivity index (χ3n) is 4.36.